The fraction of sp³-hybridized carbons (Fsp3) is 0.250. The summed E-state index contributed by atoms with van der Waals surface area (Å²) in [5.74, 6) is 0.347. The molecule has 5 rings (SSSR count). The molecular formula is C24H23Cl2N7O2. The van der Waals surface area contributed by atoms with Crippen molar-refractivity contribution >= 4 is 51.4 Å². The van der Waals surface area contributed by atoms with E-state index in [0.717, 1.165) is 31.9 Å². The predicted molar refractivity (Wildman–Crippen MR) is 138 cm³/mol. The zero-order valence-corrected chi connectivity index (χ0v) is 20.5. The summed E-state index contributed by atoms with van der Waals surface area (Å²) in [6.07, 6.45) is 1.48. The highest BCUT2D eigenvalue weighted by molar-refractivity contribution is 6.37. The minimum atomic E-state index is -0.429. The Hall–Kier alpha value is -3.24. The molecule has 2 aromatic carbocycles. The summed E-state index contributed by atoms with van der Waals surface area (Å²) < 4.78 is 6.50. The molecule has 0 atom stereocenters. The Morgan fingerprint density at radius 3 is 2.49 bits per heavy atom. The minimum absolute atomic E-state index is 0.134. The number of hydrogen-bond donors (Lipinski definition) is 2. The maximum absolute atomic E-state index is 13.3. The molecule has 2 N–H and O–H groups in total. The number of piperazine rings is 1. The molecule has 0 amide bonds. The van der Waals surface area contributed by atoms with Gasteiger partial charge in [-0.1, -0.05) is 29.3 Å². The third-order valence-electron chi connectivity index (χ3n) is 5.74. The molecule has 2 aromatic heterocycles. The van der Waals surface area contributed by atoms with Gasteiger partial charge in [0.1, 0.15) is 16.9 Å². The van der Waals surface area contributed by atoms with E-state index in [9.17, 15) is 4.79 Å². The lowest BCUT2D eigenvalue weighted by molar-refractivity contribution is 0.181. The fourth-order valence-electron chi connectivity index (χ4n) is 4.03. The van der Waals surface area contributed by atoms with Crippen LogP contribution in [0.4, 0.5) is 17.3 Å². The summed E-state index contributed by atoms with van der Waals surface area (Å²) in [5, 5.41) is 11.9. The molecule has 1 aliphatic heterocycles. The molecule has 0 unspecified atom stereocenters. The average Bonchev–Trinajstić information content (AvgIpc) is 2.87. The van der Waals surface area contributed by atoms with Crippen LogP contribution in [0, 0.1) is 0 Å². The van der Waals surface area contributed by atoms with Crippen LogP contribution in [0.2, 0.25) is 10.0 Å². The van der Waals surface area contributed by atoms with Crippen LogP contribution in [0.3, 0.4) is 0 Å². The highest BCUT2D eigenvalue weighted by Crippen LogP contribution is 2.28. The smallest absolute Gasteiger partial charge is 0.282 e. The highest BCUT2D eigenvalue weighted by Gasteiger charge is 2.18. The van der Waals surface area contributed by atoms with E-state index >= 15 is 0 Å². The number of fused-ring (bicyclic) bond motifs is 1. The van der Waals surface area contributed by atoms with Crippen LogP contribution < -0.4 is 21.1 Å². The van der Waals surface area contributed by atoms with Crippen molar-refractivity contribution in [2.45, 2.75) is 6.61 Å². The number of benzene rings is 2. The van der Waals surface area contributed by atoms with Gasteiger partial charge in [-0.3, -0.25) is 4.79 Å². The highest BCUT2D eigenvalue weighted by atomic mass is 35.5. The molecule has 0 saturated carbocycles. The molecule has 9 nitrogen and oxygen atoms in total. The van der Waals surface area contributed by atoms with Gasteiger partial charge in [0.05, 0.1) is 22.0 Å². The lowest BCUT2D eigenvalue weighted by Crippen LogP contribution is -2.43. The van der Waals surface area contributed by atoms with Gasteiger partial charge in [-0.2, -0.15) is 9.78 Å². The van der Waals surface area contributed by atoms with Gasteiger partial charge >= 0.3 is 0 Å². The van der Waals surface area contributed by atoms with Crippen molar-refractivity contribution in [1.82, 2.24) is 25.1 Å². The SMILES string of the molecule is COCc1nn(-c2c(Cl)cccc2Cl)c(=O)c2cnc(Nc3ccc(N4CCNCC4)cc3)nc12. The standard InChI is InChI=1S/C24H23Cl2N7O2/c1-35-14-20-21-17(23(34)33(31-20)22-18(25)3-2-4-19(22)26)13-28-24(30-21)29-15-5-7-16(8-6-15)32-11-9-27-10-12-32/h2-8,13,27H,9-12,14H2,1H3,(H,28,29,30). The van der Waals surface area contributed by atoms with Crippen LogP contribution in [-0.4, -0.2) is 53.0 Å². The zero-order chi connectivity index (χ0) is 24.4. The number of nitrogens with zero attached hydrogens (tertiary/aromatic N) is 5. The van der Waals surface area contributed by atoms with E-state index in [2.05, 4.69) is 42.7 Å². The molecule has 35 heavy (non-hydrogen) atoms. The normalized spacial score (nSPS) is 13.9. The number of para-hydroxylation sites is 1. The Morgan fingerprint density at radius 1 is 1.09 bits per heavy atom. The minimum Gasteiger partial charge on any atom is -0.378 e. The van der Waals surface area contributed by atoms with E-state index in [1.165, 1.54) is 16.6 Å². The zero-order valence-electron chi connectivity index (χ0n) is 19.0. The number of methoxy groups -OCH3 is 1. The van der Waals surface area contributed by atoms with Gasteiger partial charge in [0.2, 0.25) is 5.95 Å². The second-order valence-corrected chi connectivity index (χ2v) is 8.85. The number of hydrogen-bond acceptors (Lipinski definition) is 8. The van der Waals surface area contributed by atoms with E-state index in [1.807, 2.05) is 12.1 Å². The summed E-state index contributed by atoms with van der Waals surface area (Å²) in [6.45, 7) is 4.05. The van der Waals surface area contributed by atoms with Crippen LogP contribution in [0.1, 0.15) is 5.69 Å². The third kappa shape index (κ3) is 4.81. The van der Waals surface area contributed by atoms with Gasteiger partial charge in [0.15, 0.2) is 0 Å². The first-order valence-corrected chi connectivity index (χ1v) is 11.9. The van der Waals surface area contributed by atoms with Gasteiger partial charge in [0.25, 0.3) is 5.56 Å². The van der Waals surface area contributed by atoms with E-state index in [-0.39, 0.29) is 12.0 Å². The van der Waals surface area contributed by atoms with Gasteiger partial charge in [-0.25, -0.2) is 9.97 Å². The lowest BCUT2D eigenvalue weighted by atomic mass is 10.2. The van der Waals surface area contributed by atoms with Crippen LogP contribution in [0.25, 0.3) is 16.6 Å². The number of rotatable bonds is 6. The Kier molecular flexibility index (Phi) is 6.83. The number of ether oxygens (including phenoxy) is 1. The Morgan fingerprint density at radius 2 is 1.80 bits per heavy atom. The van der Waals surface area contributed by atoms with Crippen molar-refractivity contribution in [1.29, 1.82) is 0 Å². The summed E-state index contributed by atoms with van der Waals surface area (Å²) in [4.78, 5) is 24.6. The summed E-state index contributed by atoms with van der Waals surface area (Å²) in [6, 6.07) is 13.1. The molecule has 1 fully saturated rings. The Bertz CT molecular complexity index is 1400. The van der Waals surface area contributed by atoms with Gasteiger partial charge in [-0.05, 0) is 36.4 Å². The van der Waals surface area contributed by atoms with Gasteiger partial charge in [-0.15, -0.1) is 0 Å². The van der Waals surface area contributed by atoms with E-state index < -0.39 is 5.56 Å². The van der Waals surface area contributed by atoms with Crippen molar-refractivity contribution in [3.05, 3.63) is 74.8 Å². The van der Waals surface area contributed by atoms with Crippen LogP contribution in [-0.2, 0) is 11.3 Å². The fourth-order valence-corrected chi connectivity index (χ4v) is 4.59. The number of aromatic nitrogens is 4. The Labute approximate surface area is 211 Å². The molecular weight excluding hydrogens is 489 g/mol. The predicted octanol–water partition coefficient (Wildman–Crippen LogP) is 3.78. The number of halogens is 2. The molecule has 11 heteroatoms. The summed E-state index contributed by atoms with van der Waals surface area (Å²) in [5.41, 5.74) is 2.72. The molecule has 1 aliphatic rings. The molecule has 0 radical (unpaired) electrons. The third-order valence-corrected chi connectivity index (χ3v) is 6.35. The molecule has 4 aromatic rings. The molecule has 0 aliphatic carbocycles. The molecule has 180 valence electrons. The van der Waals surface area contributed by atoms with E-state index in [0.29, 0.717) is 32.9 Å². The number of nitrogens with one attached hydrogen (secondary N) is 2. The first-order valence-electron chi connectivity index (χ1n) is 11.1. The molecule has 0 spiro atoms. The first kappa shape index (κ1) is 23.5. The van der Waals surface area contributed by atoms with E-state index in [4.69, 9.17) is 27.9 Å². The topological polar surface area (TPSA) is 97.2 Å². The van der Waals surface area contributed by atoms with Gasteiger partial charge in [0, 0.05) is 50.9 Å². The monoisotopic (exact) mass is 511 g/mol. The number of anilines is 3. The summed E-state index contributed by atoms with van der Waals surface area (Å²) >= 11 is 12.7. The molecule has 1 saturated heterocycles. The Balaban J connectivity index is 1.50. The second kappa shape index (κ2) is 10.2. The largest absolute Gasteiger partial charge is 0.378 e. The summed E-state index contributed by atoms with van der Waals surface area (Å²) in [7, 11) is 1.55. The average molecular weight is 512 g/mol. The maximum Gasteiger partial charge on any atom is 0.282 e. The van der Waals surface area contributed by atoms with Crippen molar-refractivity contribution < 1.29 is 4.74 Å². The van der Waals surface area contributed by atoms with Crippen molar-refractivity contribution in [2.24, 2.45) is 0 Å². The second-order valence-electron chi connectivity index (χ2n) is 8.03. The van der Waals surface area contributed by atoms with Crippen molar-refractivity contribution in [3.8, 4) is 5.69 Å². The first-order chi connectivity index (χ1) is 17.0. The van der Waals surface area contributed by atoms with Crippen molar-refractivity contribution in [2.75, 3.05) is 43.5 Å². The molecule has 0 bridgehead atoms. The maximum atomic E-state index is 13.3. The quantitative estimate of drug-likeness (QED) is 0.403. The van der Waals surface area contributed by atoms with Crippen LogP contribution >= 0.6 is 23.2 Å². The van der Waals surface area contributed by atoms with Gasteiger partial charge < -0.3 is 20.3 Å². The van der Waals surface area contributed by atoms with E-state index in [1.54, 1.807) is 25.3 Å². The molecule has 3 heterocycles. The van der Waals surface area contributed by atoms with Crippen LogP contribution in [0.5, 0.6) is 0 Å². The van der Waals surface area contributed by atoms with Crippen LogP contribution in [0.15, 0.2) is 53.5 Å². The lowest BCUT2D eigenvalue weighted by Gasteiger charge is -2.29. The van der Waals surface area contributed by atoms with Crippen molar-refractivity contribution in [3.63, 3.8) is 0 Å².